The Balaban J connectivity index is 1.56. The van der Waals surface area contributed by atoms with E-state index in [0.717, 1.165) is 5.69 Å². The fraction of sp³-hybridized carbons (Fsp3) is 0.263. The van der Waals surface area contributed by atoms with Crippen molar-refractivity contribution in [2.45, 2.75) is 0 Å². The lowest BCUT2D eigenvalue weighted by Crippen LogP contribution is -2.50. The molecule has 1 saturated heterocycles. The molecule has 1 fully saturated rings. The van der Waals surface area contributed by atoms with E-state index in [2.05, 4.69) is 4.90 Å². The van der Waals surface area contributed by atoms with Gasteiger partial charge in [-0.1, -0.05) is 35.3 Å². The summed E-state index contributed by atoms with van der Waals surface area (Å²) in [6.45, 7) is 2.33. The van der Waals surface area contributed by atoms with Crippen LogP contribution in [0.4, 0.5) is 5.69 Å². The van der Waals surface area contributed by atoms with Gasteiger partial charge in [0.2, 0.25) is 0 Å². The van der Waals surface area contributed by atoms with Gasteiger partial charge in [0.05, 0.1) is 16.3 Å². The second-order valence-corrected chi connectivity index (χ2v) is 6.96. The number of hydrogen-bond donors (Lipinski definition) is 1. The molecule has 1 aliphatic heterocycles. The van der Waals surface area contributed by atoms with Crippen molar-refractivity contribution in [3.05, 3.63) is 58.1 Å². The molecule has 8 heteroatoms. The summed E-state index contributed by atoms with van der Waals surface area (Å²) in [5.41, 5.74) is 6.45. The summed E-state index contributed by atoms with van der Waals surface area (Å²) in [5, 5.41) is 1.07. The number of para-hydroxylation sites is 1. The zero-order valence-electron chi connectivity index (χ0n) is 14.5. The minimum Gasteiger partial charge on any atom is -0.483 e. The lowest BCUT2D eigenvalue weighted by atomic mass is 10.2. The first-order chi connectivity index (χ1) is 13.0. The number of primary amides is 1. The molecule has 0 spiro atoms. The monoisotopic (exact) mass is 407 g/mol. The summed E-state index contributed by atoms with van der Waals surface area (Å²) < 4.78 is 5.51. The van der Waals surface area contributed by atoms with E-state index in [1.54, 1.807) is 11.0 Å². The van der Waals surface area contributed by atoms with Crippen molar-refractivity contribution in [2.24, 2.45) is 5.73 Å². The molecule has 3 rings (SSSR count). The van der Waals surface area contributed by atoms with Crippen LogP contribution in [-0.4, -0.2) is 49.5 Å². The Labute approximate surface area is 167 Å². The summed E-state index contributed by atoms with van der Waals surface area (Å²) in [5.74, 6) is -0.567. The molecule has 1 heterocycles. The maximum Gasteiger partial charge on any atom is 0.260 e. The van der Waals surface area contributed by atoms with Crippen molar-refractivity contribution in [3.8, 4) is 5.75 Å². The minimum atomic E-state index is -0.659. The number of anilines is 1. The van der Waals surface area contributed by atoms with Crippen molar-refractivity contribution in [1.29, 1.82) is 0 Å². The maximum atomic E-state index is 12.4. The number of piperazine rings is 1. The normalized spacial score (nSPS) is 14.1. The summed E-state index contributed by atoms with van der Waals surface area (Å²) in [6.07, 6.45) is 0. The van der Waals surface area contributed by atoms with Gasteiger partial charge in [-0.05, 0) is 30.3 Å². The van der Waals surface area contributed by atoms with E-state index in [-0.39, 0.29) is 23.8 Å². The summed E-state index contributed by atoms with van der Waals surface area (Å²) in [6, 6.07) is 12.2. The number of carbonyl (C=O) groups excluding carboxylic acids is 2. The second-order valence-electron chi connectivity index (χ2n) is 6.11. The minimum absolute atomic E-state index is 0.152. The first-order valence-corrected chi connectivity index (χ1v) is 9.20. The van der Waals surface area contributed by atoms with Crippen LogP contribution in [0.1, 0.15) is 10.4 Å². The molecular formula is C19H19Cl2N3O3. The third-order valence-corrected chi connectivity index (χ3v) is 4.94. The van der Waals surface area contributed by atoms with E-state index in [4.69, 9.17) is 33.7 Å². The van der Waals surface area contributed by atoms with Crippen molar-refractivity contribution < 1.29 is 14.3 Å². The average Bonchev–Trinajstić information content (AvgIpc) is 2.67. The van der Waals surface area contributed by atoms with E-state index < -0.39 is 5.91 Å². The van der Waals surface area contributed by atoms with E-state index in [9.17, 15) is 9.59 Å². The molecule has 1 aliphatic rings. The van der Waals surface area contributed by atoms with Crippen LogP contribution in [0.25, 0.3) is 0 Å². The highest BCUT2D eigenvalue weighted by Gasteiger charge is 2.23. The highest BCUT2D eigenvalue weighted by molar-refractivity contribution is 6.33. The van der Waals surface area contributed by atoms with Crippen molar-refractivity contribution in [1.82, 2.24) is 4.90 Å². The molecule has 2 aromatic carbocycles. The zero-order chi connectivity index (χ0) is 19.4. The number of benzene rings is 2. The van der Waals surface area contributed by atoms with Gasteiger partial charge in [-0.25, -0.2) is 0 Å². The highest BCUT2D eigenvalue weighted by atomic mass is 35.5. The van der Waals surface area contributed by atoms with Gasteiger partial charge in [-0.15, -0.1) is 0 Å². The maximum absolute atomic E-state index is 12.4. The highest BCUT2D eigenvalue weighted by Crippen LogP contribution is 2.26. The van der Waals surface area contributed by atoms with Crippen molar-refractivity contribution in [3.63, 3.8) is 0 Å². The molecule has 2 aromatic rings. The van der Waals surface area contributed by atoms with Crippen molar-refractivity contribution >= 4 is 40.7 Å². The first kappa shape index (κ1) is 19.3. The predicted molar refractivity (Wildman–Crippen MR) is 106 cm³/mol. The van der Waals surface area contributed by atoms with Gasteiger partial charge in [-0.3, -0.25) is 9.59 Å². The molecule has 0 aliphatic carbocycles. The van der Waals surface area contributed by atoms with Crippen LogP contribution in [0.15, 0.2) is 42.5 Å². The molecule has 2 amide bonds. The Morgan fingerprint density at radius 3 is 2.41 bits per heavy atom. The van der Waals surface area contributed by atoms with E-state index >= 15 is 0 Å². The molecule has 0 unspecified atom stereocenters. The summed E-state index contributed by atoms with van der Waals surface area (Å²) >= 11 is 12.1. The summed E-state index contributed by atoms with van der Waals surface area (Å²) in [4.78, 5) is 27.8. The Morgan fingerprint density at radius 1 is 1.04 bits per heavy atom. The molecule has 27 heavy (non-hydrogen) atoms. The van der Waals surface area contributed by atoms with Crippen LogP contribution >= 0.6 is 23.2 Å². The fourth-order valence-electron chi connectivity index (χ4n) is 2.96. The third-order valence-electron chi connectivity index (χ3n) is 4.38. The number of nitrogens with two attached hydrogens (primary N) is 1. The molecule has 0 aromatic heterocycles. The van der Waals surface area contributed by atoms with Gasteiger partial charge in [-0.2, -0.15) is 0 Å². The number of carbonyl (C=O) groups is 2. The quantitative estimate of drug-likeness (QED) is 0.826. The standard InChI is InChI=1S/C19H19Cl2N3O3/c20-13-5-6-17(14(11-13)19(22)26)27-12-18(25)24-9-7-23(8-10-24)16-4-2-1-3-15(16)21/h1-6,11H,7-10,12H2,(H2,22,26). The average molecular weight is 408 g/mol. The molecule has 2 N–H and O–H groups in total. The largest absolute Gasteiger partial charge is 0.483 e. The lowest BCUT2D eigenvalue weighted by molar-refractivity contribution is -0.133. The van der Waals surface area contributed by atoms with Crippen LogP contribution in [0.5, 0.6) is 5.75 Å². The van der Waals surface area contributed by atoms with Crippen LogP contribution in [0.3, 0.4) is 0 Å². The fourth-order valence-corrected chi connectivity index (χ4v) is 3.38. The first-order valence-electron chi connectivity index (χ1n) is 8.45. The lowest BCUT2D eigenvalue weighted by Gasteiger charge is -2.36. The number of hydrogen-bond acceptors (Lipinski definition) is 4. The van der Waals surface area contributed by atoms with Crippen LogP contribution in [-0.2, 0) is 4.79 Å². The van der Waals surface area contributed by atoms with Gasteiger partial charge < -0.3 is 20.3 Å². The van der Waals surface area contributed by atoms with Gasteiger partial charge >= 0.3 is 0 Å². The SMILES string of the molecule is NC(=O)c1cc(Cl)ccc1OCC(=O)N1CCN(c2ccccc2Cl)CC1. The Hall–Kier alpha value is -2.44. The Bertz CT molecular complexity index is 852. The smallest absolute Gasteiger partial charge is 0.260 e. The van der Waals surface area contributed by atoms with Gasteiger partial charge in [0.25, 0.3) is 11.8 Å². The number of amides is 2. The Morgan fingerprint density at radius 2 is 1.74 bits per heavy atom. The Kier molecular flexibility index (Phi) is 6.08. The molecule has 0 bridgehead atoms. The molecule has 0 radical (unpaired) electrons. The number of nitrogens with zero attached hydrogens (tertiary/aromatic N) is 2. The molecule has 0 atom stereocenters. The number of rotatable bonds is 5. The van der Waals surface area contributed by atoms with Gasteiger partial charge in [0.1, 0.15) is 5.75 Å². The number of halogens is 2. The zero-order valence-corrected chi connectivity index (χ0v) is 16.0. The van der Waals surface area contributed by atoms with Gasteiger partial charge in [0.15, 0.2) is 6.61 Å². The molecular weight excluding hydrogens is 389 g/mol. The summed E-state index contributed by atoms with van der Waals surface area (Å²) in [7, 11) is 0. The second kappa shape index (κ2) is 8.50. The van der Waals surface area contributed by atoms with Crippen LogP contribution in [0.2, 0.25) is 10.0 Å². The third kappa shape index (κ3) is 4.64. The van der Waals surface area contributed by atoms with Gasteiger partial charge in [0, 0.05) is 31.2 Å². The molecule has 0 saturated carbocycles. The molecule has 142 valence electrons. The van der Waals surface area contributed by atoms with Crippen molar-refractivity contribution in [2.75, 3.05) is 37.7 Å². The predicted octanol–water partition coefficient (Wildman–Crippen LogP) is 2.82. The van der Waals surface area contributed by atoms with E-state index in [0.29, 0.717) is 36.2 Å². The topological polar surface area (TPSA) is 75.9 Å². The van der Waals surface area contributed by atoms with E-state index in [1.165, 1.54) is 12.1 Å². The van der Waals surface area contributed by atoms with Crippen LogP contribution in [0, 0.1) is 0 Å². The van der Waals surface area contributed by atoms with Crippen LogP contribution < -0.4 is 15.4 Å². The number of ether oxygens (including phenoxy) is 1. The molecule has 6 nitrogen and oxygen atoms in total. The van der Waals surface area contributed by atoms with E-state index in [1.807, 2.05) is 24.3 Å².